The Morgan fingerprint density at radius 1 is 1.30 bits per heavy atom. The van der Waals surface area contributed by atoms with Crippen molar-refractivity contribution in [3.05, 3.63) is 58.9 Å². The van der Waals surface area contributed by atoms with Crippen molar-refractivity contribution < 1.29 is 9.90 Å². The van der Waals surface area contributed by atoms with E-state index in [2.05, 4.69) is 29.4 Å². The molecule has 0 radical (unpaired) electrons. The molecular weight excluding hydrogens is 252 g/mol. The van der Waals surface area contributed by atoms with E-state index in [4.69, 9.17) is 0 Å². The lowest BCUT2D eigenvalue weighted by Crippen LogP contribution is -2.08. The fourth-order valence-corrected chi connectivity index (χ4v) is 2.14. The Bertz CT molecular complexity index is 624. The second-order valence-corrected chi connectivity index (χ2v) is 4.65. The number of hydrogen-bond donors (Lipinski definition) is 2. The molecule has 0 saturated carbocycles. The summed E-state index contributed by atoms with van der Waals surface area (Å²) in [5, 5.41) is 12.4. The number of aryl methyl sites for hydroxylation is 2. The SMILES string of the molecule is CCc1ccccc1CNc1cc(C)ncc1C(=O)O. The molecule has 2 aromatic rings. The summed E-state index contributed by atoms with van der Waals surface area (Å²) in [6, 6.07) is 9.92. The van der Waals surface area contributed by atoms with Crippen LogP contribution in [0.3, 0.4) is 0 Å². The maximum Gasteiger partial charge on any atom is 0.339 e. The highest BCUT2D eigenvalue weighted by molar-refractivity contribution is 5.93. The molecule has 0 aliphatic carbocycles. The first-order valence-corrected chi connectivity index (χ1v) is 6.62. The van der Waals surface area contributed by atoms with Crippen molar-refractivity contribution >= 4 is 11.7 Å². The number of anilines is 1. The number of pyridine rings is 1. The predicted molar refractivity (Wildman–Crippen MR) is 79.1 cm³/mol. The van der Waals surface area contributed by atoms with Crippen molar-refractivity contribution in [2.75, 3.05) is 5.32 Å². The van der Waals surface area contributed by atoms with Gasteiger partial charge in [0.05, 0.1) is 5.69 Å². The first kappa shape index (κ1) is 14.1. The van der Waals surface area contributed by atoms with E-state index in [0.717, 1.165) is 12.1 Å². The Balaban J connectivity index is 2.22. The van der Waals surface area contributed by atoms with E-state index in [1.54, 1.807) is 6.07 Å². The molecule has 1 aromatic heterocycles. The summed E-state index contributed by atoms with van der Waals surface area (Å²) in [4.78, 5) is 15.2. The second kappa shape index (κ2) is 6.19. The molecule has 4 nitrogen and oxygen atoms in total. The van der Waals surface area contributed by atoms with Crippen LogP contribution in [-0.4, -0.2) is 16.1 Å². The smallest absolute Gasteiger partial charge is 0.339 e. The Morgan fingerprint density at radius 3 is 2.65 bits per heavy atom. The third kappa shape index (κ3) is 3.15. The zero-order valence-corrected chi connectivity index (χ0v) is 11.7. The van der Waals surface area contributed by atoms with Crippen LogP contribution in [0.15, 0.2) is 36.5 Å². The highest BCUT2D eigenvalue weighted by Crippen LogP contribution is 2.18. The lowest BCUT2D eigenvalue weighted by molar-refractivity contribution is 0.0697. The zero-order chi connectivity index (χ0) is 14.5. The highest BCUT2D eigenvalue weighted by Gasteiger charge is 2.11. The molecule has 0 aliphatic rings. The Labute approximate surface area is 118 Å². The molecule has 0 bridgehead atoms. The molecule has 0 atom stereocenters. The number of carboxylic acid groups (broad SMARTS) is 1. The number of aromatic carboxylic acids is 1. The van der Waals surface area contributed by atoms with Crippen LogP contribution in [-0.2, 0) is 13.0 Å². The number of carbonyl (C=O) groups is 1. The van der Waals surface area contributed by atoms with Crippen LogP contribution in [0.1, 0.15) is 34.1 Å². The van der Waals surface area contributed by atoms with Crippen LogP contribution in [0.2, 0.25) is 0 Å². The van der Waals surface area contributed by atoms with Crippen molar-refractivity contribution in [3.63, 3.8) is 0 Å². The summed E-state index contributed by atoms with van der Waals surface area (Å²) in [7, 11) is 0. The molecule has 0 fully saturated rings. The van der Waals surface area contributed by atoms with Crippen molar-refractivity contribution in [3.8, 4) is 0 Å². The minimum Gasteiger partial charge on any atom is -0.478 e. The van der Waals surface area contributed by atoms with Gasteiger partial charge in [0.25, 0.3) is 0 Å². The summed E-state index contributed by atoms with van der Waals surface area (Å²) in [6.45, 7) is 4.56. The number of carboxylic acids is 1. The van der Waals surface area contributed by atoms with E-state index >= 15 is 0 Å². The van der Waals surface area contributed by atoms with Crippen molar-refractivity contribution in [1.82, 2.24) is 4.98 Å². The lowest BCUT2D eigenvalue weighted by Gasteiger charge is -2.12. The molecule has 0 amide bonds. The van der Waals surface area contributed by atoms with Gasteiger partial charge in [-0.3, -0.25) is 4.98 Å². The summed E-state index contributed by atoms with van der Waals surface area (Å²) >= 11 is 0. The normalized spacial score (nSPS) is 10.3. The summed E-state index contributed by atoms with van der Waals surface area (Å²) in [5.41, 5.74) is 4.05. The fourth-order valence-electron chi connectivity index (χ4n) is 2.14. The standard InChI is InChI=1S/C16H18N2O2/c1-3-12-6-4-5-7-13(12)9-18-15-8-11(2)17-10-14(15)16(19)20/h4-8,10H,3,9H2,1-2H3,(H,17,18)(H,19,20). The Kier molecular flexibility index (Phi) is 4.35. The molecule has 0 saturated heterocycles. The number of nitrogens with one attached hydrogen (secondary N) is 1. The van der Waals surface area contributed by atoms with Crippen LogP contribution in [0.25, 0.3) is 0 Å². The largest absolute Gasteiger partial charge is 0.478 e. The molecule has 2 rings (SSSR count). The lowest BCUT2D eigenvalue weighted by atomic mass is 10.1. The molecule has 4 heteroatoms. The van der Waals surface area contributed by atoms with Gasteiger partial charge in [0.15, 0.2) is 0 Å². The van der Waals surface area contributed by atoms with Gasteiger partial charge in [0.1, 0.15) is 5.56 Å². The summed E-state index contributed by atoms with van der Waals surface area (Å²) < 4.78 is 0. The minimum atomic E-state index is -0.969. The van der Waals surface area contributed by atoms with E-state index < -0.39 is 5.97 Å². The van der Waals surface area contributed by atoms with Gasteiger partial charge < -0.3 is 10.4 Å². The van der Waals surface area contributed by atoms with Crippen LogP contribution in [0.4, 0.5) is 5.69 Å². The van der Waals surface area contributed by atoms with Gasteiger partial charge >= 0.3 is 5.97 Å². The topological polar surface area (TPSA) is 62.2 Å². The number of rotatable bonds is 5. The van der Waals surface area contributed by atoms with Gasteiger partial charge in [-0.15, -0.1) is 0 Å². The minimum absolute atomic E-state index is 0.199. The molecule has 0 spiro atoms. The maximum atomic E-state index is 11.2. The molecule has 0 aliphatic heterocycles. The molecule has 0 unspecified atom stereocenters. The van der Waals surface area contributed by atoms with Crippen molar-refractivity contribution in [1.29, 1.82) is 0 Å². The molecule has 1 aromatic carbocycles. The number of nitrogens with zero attached hydrogens (tertiary/aromatic N) is 1. The highest BCUT2D eigenvalue weighted by atomic mass is 16.4. The molecule has 2 N–H and O–H groups in total. The van der Waals surface area contributed by atoms with E-state index in [9.17, 15) is 9.90 Å². The van der Waals surface area contributed by atoms with Crippen LogP contribution >= 0.6 is 0 Å². The van der Waals surface area contributed by atoms with Crippen molar-refractivity contribution in [2.45, 2.75) is 26.8 Å². The van der Waals surface area contributed by atoms with Gasteiger partial charge in [0, 0.05) is 18.4 Å². The average molecular weight is 270 g/mol. The Morgan fingerprint density at radius 2 is 2.00 bits per heavy atom. The quantitative estimate of drug-likeness (QED) is 0.875. The van der Waals surface area contributed by atoms with Gasteiger partial charge in [-0.25, -0.2) is 4.79 Å². The maximum absolute atomic E-state index is 11.2. The number of benzene rings is 1. The van der Waals surface area contributed by atoms with Gasteiger partial charge in [-0.05, 0) is 30.5 Å². The monoisotopic (exact) mass is 270 g/mol. The third-order valence-electron chi connectivity index (χ3n) is 3.24. The molecular formula is C16H18N2O2. The summed E-state index contributed by atoms with van der Waals surface area (Å²) in [6.07, 6.45) is 2.35. The summed E-state index contributed by atoms with van der Waals surface area (Å²) in [5.74, 6) is -0.969. The molecule has 1 heterocycles. The second-order valence-electron chi connectivity index (χ2n) is 4.65. The van der Waals surface area contributed by atoms with E-state index in [-0.39, 0.29) is 5.56 Å². The van der Waals surface area contributed by atoms with E-state index in [1.807, 2.05) is 19.1 Å². The van der Waals surface area contributed by atoms with E-state index in [1.165, 1.54) is 17.3 Å². The predicted octanol–water partition coefficient (Wildman–Crippen LogP) is 3.26. The van der Waals surface area contributed by atoms with Gasteiger partial charge in [-0.1, -0.05) is 31.2 Å². The molecule has 20 heavy (non-hydrogen) atoms. The number of aromatic nitrogens is 1. The first-order chi connectivity index (χ1) is 9.61. The van der Waals surface area contributed by atoms with Crippen LogP contribution in [0.5, 0.6) is 0 Å². The first-order valence-electron chi connectivity index (χ1n) is 6.62. The van der Waals surface area contributed by atoms with E-state index in [0.29, 0.717) is 12.2 Å². The van der Waals surface area contributed by atoms with Gasteiger partial charge in [0.2, 0.25) is 0 Å². The van der Waals surface area contributed by atoms with Crippen molar-refractivity contribution in [2.24, 2.45) is 0 Å². The van der Waals surface area contributed by atoms with Crippen LogP contribution in [0, 0.1) is 6.92 Å². The Hall–Kier alpha value is -2.36. The average Bonchev–Trinajstić information content (AvgIpc) is 2.45. The van der Waals surface area contributed by atoms with Crippen LogP contribution < -0.4 is 5.32 Å². The zero-order valence-electron chi connectivity index (χ0n) is 11.7. The molecule has 104 valence electrons. The van der Waals surface area contributed by atoms with Gasteiger partial charge in [-0.2, -0.15) is 0 Å². The third-order valence-corrected chi connectivity index (χ3v) is 3.24. The number of hydrogen-bond acceptors (Lipinski definition) is 3. The fraction of sp³-hybridized carbons (Fsp3) is 0.250.